The van der Waals surface area contributed by atoms with Crippen LogP contribution in [0.5, 0.6) is 5.75 Å². The van der Waals surface area contributed by atoms with E-state index in [0.29, 0.717) is 5.02 Å². The summed E-state index contributed by atoms with van der Waals surface area (Å²) in [6.07, 6.45) is 0.141. The molecule has 106 valence electrons. The van der Waals surface area contributed by atoms with Crippen molar-refractivity contribution in [2.24, 2.45) is 0 Å². The fourth-order valence-corrected chi connectivity index (χ4v) is 2.61. The number of halogens is 1. The Balaban J connectivity index is 2.64. The van der Waals surface area contributed by atoms with Crippen LogP contribution >= 0.6 is 11.6 Å². The van der Waals surface area contributed by atoms with Crippen molar-refractivity contribution in [3.63, 3.8) is 0 Å². The van der Waals surface area contributed by atoms with Crippen molar-refractivity contribution < 1.29 is 23.1 Å². The molecule has 0 saturated heterocycles. The van der Waals surface area contributed by atoms with Crippen molar-refractivity contribution in [2.75, 3.05) is 17.6 Å². The van der Waals surface area contributed by atoms with Crippen LogP contribution in [0, 0.1) is 0 Å². The zero-order valence-corrected chi connectivity index (χ0v) is 11.8. The fraction of sp³-hybridized carbons (Fsp3) is 0.364. The van der Waals surface area contributed by atoms with Gasteiger partial charge in [-0.15, -0.1) is 0 Å². The number of phenolic OH excluding ortho intramolecular Hbond substituents is 1. The standard InChI is InChI=1S/C11H14ClNO5S/c1-18-11(15)3-2-6-19(16,17)13-9-7-8(12)4-5-10(9)14/h4-5,7,13-14H,2-3,6H2,1H3. The number of anilines is 1. The van der Waals surface area contributed by atoms with Crippen molar-refractivity contribution in [1.82, 2.24) is 0 Å². The molecule has 1 aromatic carbocycles. The van der Waals surface area contributed by atoms with Gasteiger partial charge in [0.05, 0.1) is 18.6 Å². The van der Waals surface area contributed by atoms with Crippen LogP contribution in [0.3, 0.4) is 0 Å². The molecule has 0 atom stereocenters. The maximum Gasteiger partial charge on any atom is 0.305 e. The van der Waals surface area contributed by atoms with Gasteiger partial charge in [0, 0.05) is 11.4 Å². The zero-order chi connectivity index (χ0) is 14.5. The van der Waals surface area contributed by atoms with E-state index in [9.17, 15) is 18.3 Å². The predicted molar refractivity (Wildman–Crippen MR) is 71.8 cm³/mol. The monoisotopic (exact) mass is 307 g/mol. The number of aromatic hydroxyl groups is 1. The highest BCUT2D eigenvalue weighted by Crippen LogP contribution is 2.27. The molecule has 0 aliphatic carbocycles. The Bertz CT molecular complexity index is 558. The smallest absolute Gasteiger partial charge is 0.305 e. The molecule has 0 spiro atoms. The molecule has 0 unspecified atom stereocenters. The molecule has 2 N–H and O–H groups in total. The van der Waals surface area contributed by atoms with Crippen LogP contribution in [0.2, 0.25) is 5.02 Å². The van der Waals surface area contributed by atoms with Gasteiger partial charge in [0.1, 0.15) is 5.75 Å². The number of carbonyl (C=O) groups excluding carboxylic acids is 1. The number of rotatable bonds is 6. The number of methoxy groups -OCH3 is 1. The molecule has 1 aromatic rings. The number of hydrogen-bond donors (Lipinski definition) is 2. The quantitative estimate of drug-likeness (QED) is 0.617. The number of benzene rings is 1. The molecule has 0 amide bonds. The van der Waals surface area contributed by atoms with Crippen molar-refractivity contribution >= 4 is 33.3 Å². The Kier molecular flexibility index (Phi) is 5.44. The minimum Gasteiger partial charge on any atom is -0.506 e. The van der Waals surface area contributed by atoms with E-state index in [0.717, 1.165) is 0 Å². The molecule has 0 aliphatic rings. The van der Waals surface area contributed by atoms with Crippen molar-refractivity contribution in [2.45, 2.75) is 12.8 Å². The summed E-state index contributed by atoms with van der Waals surface area (Å²) in [5, 5.41) is 9.79. The summed E-state index contributed by atoms with van der Waals surface area (Å²) in [4.78, 5) is 10.9. The predicted octanol–water partition coefficient (Wildman–Crippen LogP) is 1.74. The van der Waals surface area contributed by atoms with E-state index >= 15 is 0 Å². The van der Waals surface area contributed by atoms with E-state index in [1.54, 1.807) is 0 Å². The van der Waals surface area contributed by atoms with Crippen LogP contribution in [-0.4, -0.2) is 32.4 Å². The Morgan fingerprint density at radius 2 is 2.16 bits per heavy atom. The minimum absolute atomic E-state index is 0.00516. The lowest BCUT2D eigenvalue weighted by Gasteiger charge is -2.09. The largest absolute Gasteiger partial charge is 0.506 e. The molecule has 19 heavy (non-hydrogen) atoms. The Morgan fingerprint density at radius 3 is 2.79 bits per heavy atom. The van der Waals surface area contributed by atoms with Gasteiger partial charge in [0.15, 0.2) is 0 Å². The van der Waals surface area contributed by atoms with Crippen molar-refractivity contribution in [3.05, 3.63) is 23.2 Å². The molecule has 0 radical (unpaired) electrons. The summed E-state index contributed by atoms with van der Waals surface area (Å²) in [6, 6.07) is 4.02. The highest BCUT2D eigenvalue weighted by molar-refractivity contribution is 7.92. The molecule has 0 bridgehead atoms. The third-order valence-electron chi connectivity index (χ3n) is 2.25. The summed E-state index contributed by atoms with van der Waals surface area (Å²) in [5.74, 6) is -0.949. The molecule has 0 heterocycles. The second kappa shape index (κ2) is 6.63. The molecule has 8 heteroatoms. The average molecular weight is 308 g/mol. The highest BCUT2D eigenvalue weighted by atomic mass is 35.5. The first-order valence-corrected chi connectivity index (χ1v) is 7.43. The number of hydrogen-bond acceptors (Lipinski definition) is 5. The third kappa shape index (κ3) is 5.35. The van der Waals surface area contributed by atoms with Crippen LogP contribution in [0.15, 0.2) is 18.2 Å². The third-order valence-corrected chi connectivity index (χ3v) is 3.84. The lowest BCUT2D eigenvalue weighted by atomic mass is 10.3. The Hall–Kier alpha value is -1.47. The maximum atomic E-state index is 11.7. The Morgan fingerprint density at radius 1 is 1.47 bits per heavy atom. The summed E-state index contributed by atoms with van der Waals surface area (Å²) >= 11 is 5.70. The van der Waals surface area contributed by atoms with Crippen molar-refractivity contribution in [1.29, 1.82) is 0 Å². The average Bonchev–Trinajstić information content (AvgIpc) is 2.33. The fourth-order valence-electron chi connectivity index (χ4n) is 1.32. The number of ether oxygens (including phenoxy) is 1. The first-order chi connectivity index (χ1) is 8.84. The summed E-state index contributed by atoms with van der Waals surface area (Å²) in [6.45, 7) is 0. The number of sulfonamides is 1. The first-order valence-electron chi connectivity index (χ1n) is 5.40. The lowest BCUT2D eigenvalue weighted by molar-refractivity contribution is -0.140. The normalized spacial score (nSPS) is 11.1. The topological polar surface area (TPSA) is 92.7 Å². The van der Waals surface area contributed by atoms with Crippen molar-refractivity contribution in [3.8, 4) is 5.75 Å². The van der Waals surface area contributed by atoms with Gasteiger partial charge in [0.2, 0.25) is 10.0 Å². The number of phenols is 1. The maximum absolute atomic E-state index is 11.7. The van der Waals surface area contributed by atoms with Crippen LogP contribution in [0.1, 0.15) is 12.8 Å². The lowest BCUT2D eigenvalue weighted by Crippen LogP contribution is -2.17. The summed E-state index contributed by atoms with van der Waals surface area (Å²) in [5.41, 5.74) is 0.00516. The first kappa shape index (κ1) is 15.6. The number of carbonyl (C=O) groups is 1. The summed E-state index contributed by atoms with van der Waals surface area (Å²) in [7, 11) is -2.42. The molecular weight excluding hydrogens is 294 g/mol. The van der Waals surface area contributed by atoms with Gasteiger partial charge in [-0.25, -0.2) is 8.42 Å². The molecule has 6 nitrogen and oxygen atoms in total. The van der Waals surface area contributed by atoms with E-state index in [1.807, 2.05) is 0 Å². The van der Waals surface area contributed by atoms with E-state index in [2.05, 4.69) is 9.46 Å². The van der Waals surface area contributed by atoms with Crippen LogP contribution in [0.25, 0.3) is 0 Å². The molecule has 0 aromatic heterocycles. The van der Waals surface area contributed by atoms with E-state index in [1.165, 1.54) is 25.3 Å². The van der Waals surface area contributed by atoms with Gasteiger partial charge in [0.25, 0.3) is 0 Å². The van der Waals surface area contributed by atoms with E-state index in [-0.39, 0.29) is 30.0 Å². The molecule has 0 saturated carbocycles. The molecule has 1 rings (SSSR count). The number of nitrogens with one attached hydrogen (secondary N) is 1. The van der Waals surface area contributed by atoms with Crippen LogP contribution in [0.4, 0.5) is 5.69 Å². The van der Waals surface area contributed by atoms with Gasteiger partial charge in [-0.2, -0.15) is 0 Å². The van der Waals surface area contributed by atoms with E-state index < -0.39 is 16.0 Å². The van der Waals surface area contributed by atoms with Gasteiger partial charge < -0.3 is 9.84 Å². The van der Waals surface area contributed by atoms with Crippen LogP contribution < -0.4 is 4.72 Å². The zero-order valence-electron chi connectivity index (χ0n) is 10.2. The SMILES string of the molecule is COC(=O)CCCS(=O)(=O)Nc1cc(Cl)ccc1O. The molecule has 0 aliphatic heterocycles. The van der Waals surface area contributed by atoms with Gasteiger partial charge in [-0.05, 0) is 24.6 Å². The molecular formula is C11H14ClNO5S. The van der Waals surface area contributed by atoms with Gasteiger partial charge >= 0.3 is 5.97 Å². The summed E-state index contributed by atoms with van der Waals surface area (Å²) < 4.78 is 30.0. The van der Waals surface area contributed by atoms with E-state index in [4.69, 9.17) is 11.6 Å². The Labute approximate surface area is 116 Å². The number of esters is 1. The second-order valence-electron chi connectivity index (χ2n) is 3.76. The highest BCUT2D eigenvalue weighted by Gasteiger charge is 2.14. The second-order valence-corrected chi connectivity index (χ2v) is 6.04. The minimum atomic E-state index is -3.65. The molecule has 0 fully saturated rings. The van der Waals surface area contributed by atoms with Crippen LogP contribution in [-0.2, 0) is 19.6 Å². The van der Waals surface area contributed by atoms with Gasteiger partial charge in [-0.1, -0.05) is 11.6 Å². The van der Waals surface area contributed by atoms with Gasteiger partial charge in [-0.3, -0.25) is 9.52 Å².